The minimum absolute atomic E-state index is 0.0280. The lowest BCUT2D eigenvalue weighted by Gasteiger charge is -2.15. The van der Waals surface area contributed by atoms with Gasteiger partial charge in [-0.3, -0.25) is 5.32 Å². The van der Waals surface area contributed by atoms with Gasteiger partial charge >= 0.3 is 6.03 Å². The van der Waals surface area contributed by atoms with Crippen LogP contribution in [0.15, 0.2) is 30.3 Å². The zero-order valence-corrected chi connectivity index (χ0v) is 15.7. The van der Waals surface area contributed by atoms with Crippen molar-refractivity contribution in [2.45, 2.75) is 46.1 Å². The van der Waals surface area contributed by atoms with Crippen LogP contribution in [-0.2, 0) is 4.74 Å². The van der Waals surface area contributed by atoms with Gasteiger partial charge in [0.05, 0.1) is 11.4 Å². The number of amides is 2. The smallest absolute Gasteiger partial charge is 0.320 e. The number of hydrogen-bond donors (Lipinski definition) is 2. The third-order valence-electron chi connectivity index (χ3n) is 3.97. The molecule has 25 heavy (non-hydrogen) atoms. The van der Waals surface area contributed by atoms with E-state index in [-0.39, 0.29) is 18.0 Å². The van der Waals surface area contributed by atoms with E-state index in [1.54, 1.807) is 11.8 Å². The van der Waals surface area contributed by atoms with Crippen molar-refractivity contribution in [2.75, 3.05) is 19.0 Å². The summed E-state index contributed by atoms with van der Waals surface area (Å²) in [5.74, 6) is 0.930. The van der Waals surface area contributed by atoms with Crippen molar-refractivity contribution in [1.29, 1.82) is 0 Å². The van der Waals surface area contributed by atoms with E-state index < -0.39 is 0 Å². The summed E-state index contributed by atoms with van der Waals surface area (Å²) >= 11 is 0. The van der Waals surface area contributed by atoms with Crippen LogP contribution in [-0.4, -0.2) is 35.6 Å². The molecule has 0 saturated heterocycles. The normalized spacial score (nSPS) is 12.2. The minimum atomic E-state index is -0.243. The number of aryl methyl sites for hydroxylation is 1. The van der Waals surface area contributed by atoms with Crippen molar-refractivity contribution < 1.29 is 9.53 Å². The molecule has 0 fully saturated rings. The average Bonchev–Trinajstić information content (AvgIpc) is 2.97. The quantitative estimate of drug-likeness (QED) is 0.801. The largest absolute Gasteiger partial charge is 0.385 e. The summed E-state index contributed by atoms with van der Waals surface area (Å²) in [5.41, 5.74) is 3.03. The molecule has 0 spiro atoms. The van der Waals surface area contributed by atoms with Gasteiger partial charge in [0.1, 0.15) is 5.82 Å². The minimum Gasteiger partial charge on any atom is -0.385 e. The molecule has 0 aliphatic carbocycles. The van der Waals surface area contributed by atoms with Gasteiger partial charge in [0.2, 0.25) is 0 Å². The SMILES string of the molecule is COCC[C@@H](C)NC(=O)Nc1cc(C(C)C)nn1-c1ccc(C)cc1. The van der Waals surface area contributed by atoms with E-state index in [0.29, 0.717) is 12.4 Å². The molecule has 2 N–H and O–H groups in total. The molecule has 6 nitrogen and oxygen atoms in total. The van der Waals surface area contributed by atoms with Crippen molar-refractivity contribution in [1.82, 2.24) is 15.1 Å². The van der Waals surface area contributed by atoms with Crippen LogP contribution in [0.2, 0.25) is 0 Å². The molecule has 0 aliphatic rings. The summed E-state index contributed by atoms with van der Waals surface area (Å²) in [6.45, 7) is 8.77. The fourth-order valence-electron chi connectivity index (χ4n) is 2.40. The molecule has 1 aromatic carbocycles. The third kappa shape index (κ3) is 5.32. The Labute approximate surface area is 149 Å². The van der Waals surface area contributed by atoms with Gasteiger partial charge in [-0.15, -0.1) is 0 Å². The molecule has 0 radical (unpaired) electrons. The molecule has 136 valence electrons. The maximum atomic E-state index is 12.3. The number of nitrogens with one attached hydrogen (secondary N) is 2. The molecule has 1 atom stereocenters. The van der Waals surface area contributed by atoms with Gasteiger partial charge in [-0.25, -0.2) is 9.48 Å². The maximum absolute atomic E-state index is 12.3. The summed E-state index contributed by atoms with van der Waals surface area (Å²) in [6, 6.07) is 9.76. The fourth-order valence-corrected chi connectivity index (χ4v) is 2.40. The summed E-state index contributed by atoms with van der Waals surface area (Å²) in [5, 5.41) is 10.5. The van der Waals surface area contributed by atoms with Gasteiger partial charge in [0, 0.05) is 25.8 Å². The molecule has 1 aromatic heterocycles. The van der Waals surface area contributed by atoms with Gasteiger partial charge in [0.25, 0.3) is 0 Å². The van der Waals surface area contributed by atoms with Gasteiger partial charge < -0.3 is 10.1 Å². The van der Waals surface area contributed by atoms with Crippen LogP contribution in [0.25, 0.3) is 5.69 Å². The second-order valence-electron chi connectivity index (χ2n) is 6.64. The lowest BCUT2D eigenvalue weighted by Crippen LogP contribution is -2.37. The van der Waals surface area contributed by atoms with Crippen LogP contribution in [0.4, 0.5) is 10.6 Å². The number of benzene rings is 1. The summed E-state index contributed by atoms with van der Waals surface area (Å²) in [6.07, 6.45) is 0.762. The second-order valence-corrected chi connectivity index (χ2v) is 6.64. The molecule has 0 aliphatic heterocycles. The highest BCUT2D eigenvalue weighted by Gasteiger charge is 2.15. The number of methoxy groups -OCH3 is 1. The summed E-state index contributed by atoms with van der Waals surface area (Å²) in [4.78, 5) is 12.3. The Hall–Kier alpha value is -2.34. The number of rotatable bonds is 7. The van der Waals surface area contributed by atoms with Gasteiger partial charge in [-0.05, 0) is 38.3 Å². The van der Waals surface area contributed by atoms with Crippen molar-refractivity contribution in [2.24, 2.45) is 0 Å². The second kappa shape index (κ2) is 8.67. The fraction of sp³-hybridized carbons (Fsp3) is 0.474. The van der Waals surface area contributed by atoms with E-state index in [4.69, 9.17) is 4.74 Å². The van der Waals surface area contributed by atoms with Crippen LogP contribution in [0.1, 0.15) is 44.4 Å². The number of urea groups is 1. The number of ether oxygens (including phenoxy) is 1. The summed E-state index contributed by atoms with van der Waals surface area (Å²) in [7, 11) is 1.65. The van der Waals surface area contributed by atoms with Crippen molar-refractivity contribution in [3.05, 3.63) is 41.6 Å². The van der Waals surface area contributed by atoms with E-state index >= 15 is 0 Å². The highest BCUT2D eigenvalue weighted by atomic mass is 16.5. The van der Waals surface area contributed by atoms with Crippen LogP contribution >= 0.6 is 0 Å². The molecule has 0 bridgehead atoms. The molecule has 0 unspecified atom stereocenters. The predicted molar refractivity (Wildman–Crippen MR) is 100 cm³/mol. The van der Waals surface area contributed by atoms with Crippen LogP contribution in [0, 0.1) is 6.92 Å². The van der Waals surface area contributed by atoms with Gasteiger partial charge in [-0.1, -0.05) is 31.5 Å². The molecule has 2 amide bonds. The first-order valence-electron chi connectivity index (χ1n) is 8.64. The van der Waals surface area contributed by atoms with Crippen molar-refractivity contribution in [3.8, 4) is 5.69 Å². The lowest BCUT2D eigenvalue weighted by molar-refractivity contribution is 0.185. The first-order chi connectivity index (χ1) is 11.9. The monoisotopic (exact) mass is 344 g/mol. The number of nitrogens with zero attached hydrogens (tertiary/aromatic N) is 2. The van der Waals surface area contributed by atoms with Crippen LogP contribution < -0.4 is 10.6 Å². The van der Waals surface area contributed by atoms with Gasteiger partial charge in [-0.2, -0.15) is 5.10 Å². The topological polar surface area (TPSA) is 68.2 Å². The highest BCUT2D eigenvalue weighted by Crippen LogP contribution is 2.22. The van der Waals surface area contributed by atoms with E-state index in [1.807, 2.05) is 44.2 Å². The highest BCUT2D eigenvalue weighted by molar-refractivity contribution is 5.89. The van der Waals surface area contributed by atoms with Crippen molar-refractivity contribution >= 4 is 11.8 Å². The third-order valence-corrected chi connectivity index (χ3v) is 3.97. The van der Waals surface area contributed by atoms with Crippen LogP contribution in [0.3, 0.4) is 0 Å². The first kappa shape index (κ1) is 19.0. The zero-order valence-electron chi connectivity index (χ0n) is 15.7. The van der Waals surface area contributed by atoms with E-state index in [1.165, 1.54) is 5.56 Å². The number of aromatic nitrogens is 2. The summed E-state index contributed by atoms with van der Waals surface area (Å²) < 4.78 is 6.81. The van der Waals surface area contributed by atoms with E-state index in [2.05, 4.69) is 29.6 Å². The van der Waals surface area contributed by atoms with Gasteiger partial charge in [0.15, 0.2) is 0 Å². The Morgan fingerprint density at radius 3 is 2.52 bits per heavy atom. The maximum Gasteiger partial charge on any atom is 0.320 e. The number of carbonyl (C=O) groups excluding carboxylic acids is 1. The number of carbonyl (C=O) groups is 1. The Morgan fingerprint density at radius 1 is 1.24 bits per heavy atom. The Bertz CT molecular complexity index is 692. The average molecular weight is 344 g/mol. The number of anilines is 1. The predicted octanol–water partition coefficient (Wildman–Crippen LogP) is 3.85. The lowest BCUT2D eigenvalue weighted by atomic mass is 10.1. The molecule has 2 aromatic rings. The van der Waals surface area contributed by atoms with E-state index in [9.17, 15) is 4.79 Å². The Morgan fingerprint density at radius 2 is 1.92 bits per heavy atom. The first-order valence-corrected chi connectivity index (χ1v) is 8.64. The van der Waals surface area contributed by atoms with E-state index in [0.717, 1.165) is 17.8 Å². The standard InChI is InChI=1S/C19H28N4O2/c1-13(2)17-12-18(21-19(24)20-15(4)10-11-25-5)23(22-17)16-8-6-14(3)7-9-16/h6-9,12-13,15H,10-11H2,1-5H3,(H2,20,21,24)/t15-/m1/s1. The molecular weight excluding hydrogens is 316 g/mol. The zero-order chi connectivity index (χ0) is 18.4. The molecule has 0 saturated carbocycles. The van der Waals surface area contributed by atoms with Crippen LogP contribution in [0.5, 0.6) is 0 Å². The molecule has 6 heteroatoms. The number of hydrogen-bond acceptors (Lipinski definition) is 3. The Kier molecular flexibility index (Phi) is 6.58. The Balaban J connectivity index is 2.18. The van der Waals surface area contributed by atoms with Crippen molar-refractivity contribution in [3.63, 3.8) is 0 Å². The molecular formula is C19H28N4O2. The molecule has 2 rings (SSSR count). The molecule has 1 heterocycles.